The first-order valence-electron chi connectivity index (χ1n) is 9.74. The van der Waals surface area contributed by atoms with Crippen molar-refractivity contribution in [3.05, 3.63) is 83.7 Å². The molecule has 0 saturated heterocycles. The third-order valence-electron chi connectivity index (χ3n) is 4.56. The molecule has 8 nitrogen and oxygen atoms in total. The summed E-state index contributed by atoms with van der Waals surface area (Å²) in [5.74, 6) is 2.10. The molecule has 12 heteroatoms. The zero-order valence-corrected chi connectivity index (χ0v) is 18.2. The van der Waals surface area contributed by atoms with E-state index in [0.29, 0.717) is 23.1 Å². The Morgan fingerprint density at radius 3 is 2.38 bits per heavy atom. The number of ether oxygens (including phenoxy) is 1. The molecule has 34 heavy (non-hydrogen) atoms. The summed E-state index contributed by atoms with van der Waals surface area (Å²) < 4.78 is 46.5. The molecule has 0 fully saturated rings. The van der Waals surface area contributed by atoms with Gasteiger partial charge in [0.1, 0.15) is 23.7 Å². The van der Waals surface area contributed by atoms with E-state index in [1.807, 2.05) is 6.92 Å². The summed E-state index contributed by atoms with van der Waals surface area (Å²) in [6, 6.07) is 10.4. The van der Waals surface area contributed by atoms with Gasteiger partial charge in [0.05, 0.1) is 10.6 Å². The zero-order valence-electron chi connectivity index (χ0n) is 17.5. The number of alkyl halides is 3. The van der Waals surface area contributed by atoms with E-state index in [-0.39, 0.29) is 5.69 Å². The maximum absolute atomic E-state index is 13.0. The second kappa shape index (κ2) is 9.40. The van der Waals surface area contributed by atoms with E-state index in [4.69, 9.17) is 16.3 Å². The number of hydrogen-bond acceptors (Lipinski definition) is 5. The fourth-order valence-corrected chi connectivity index (χ4v) is 3.20. The quantitative estimate of drug-likeness (QED) is 0.355. The van der Waals surface area contributed by atoms with E-state index in [0.717, 1.165) is 18.0 Å². The number of carbonyl (C=O) groups is 1. The summed E-state index contributed by atoms with van der Waals surface area (Å²) in [5.41, 5.74) is -0.696. The van der Waals surface area contributed by atoms with Crippen LogP contribution in [0.1, 0.15) is 11.4 Å². The fourth-order valence-electron chi connectivity index (χ4n) is 2.98. The van der Waals surface area contributed by atoms with Crippen LogP contribution < -0.4 is 15.4 Å². The zero-order chi connectivity index (χ0) is 24.3. The fraction of sp³-hybridized carbons (Fsp3) is 0.0909. The average molecular weight is 489 g/mol. The van der Waals surface area contributed by atoms with Crippen molar-refractivity contribution in [3.63, 3.8) is 0 Å². The first kappa shape index (κ1) is 23.1. The lowest BCUT2D eigenvalue weighted by Crippen LogP contribution is -2.19. The Hall–Kier alpha value is -4.12. The lowest BCUT2D eigenvalue weighted by atomic mass is 10.2. The lowest BCUT2D eigenvalue weighted by Gasteiger charge is -2.12. The number of carbonyl (C=O) groups excluding carboxylic acids is 1. The minimum absolute atomic E-state index is 0.0538. The molecule has 2 N–H and O–H groups in total. The van der Waals surface area contributed by atoms with Crippen molar-refractivity contribution in [3.8, 4) is 17.4 Å². The van der Waals surface area contributed by atoms with Crippen LogP contribution in [0.15, 0.2) is 67.3 Å². The monoisotopic (exact) mass is 488 g/mol. The number of aromatic nitrogens is 4. The van der Waals surface area contributed by atoms with Crippen molar-refractivity contribution in [1.82, 2.24) is 19.5 Å². The van der Waals surface area contributed by atoms with E-state index in [9.17, 15) is 18.0 Å². The van der Waals surface area contributed by atoms with Crippen LogP contribution in [-0.4, -0.2) is 25.6 Å². The summed E-state index contributed by atoms with van der Waals surface area (Å²) in [6.07, 6.45) is 0.150. The normalized spacial score (nSPS) is 11.2. The van der Waals surface area contributed by atoms with Crippen molar-refractivity contribution in [2.24, 2.45) is 0 Å². The first-order chi connectivity index (χ1) is 16.2. The molecule has 0 unspecified atom stereocenters. The van der Waals surface area contributed by atoms with Crippen LogP contribution in [0.4, 0.5) is 29.3 Å². The van der Waals surface area contributed by atoms with Crippen molar-refractivity contribution in [2.45, 2.75) is 13.1 Å². The summed E-state index contributed by atoms with van der Waals surface area (Å²) >= 11 is 5.59. The van der Waals surface area contributed by atoms with Crippen LogP contribution in [0.5, 0.6) is 11.6 Å². The summed E-state index contributed by atoms with van der Waals surface area (Å²) in [4.78, 5) is 24.6. The molecular formula is C22H16ClF3N6O2. The molecule has 4 aromatic rings. The Kier molecular flexibility index (Phi) is 6.37. The largest absolute Gasteiger partial charge is 0.439 e. The molecule has 0 saturated carbocycles. The molecule has 0 aliphatic carbocycles. The molecule has 0 spiro atoms. The Balaban J connectivity index is 1.39. The van der Waals surface area contributed by atoms with Gasteiger partial charge in [0.2, 0.25) is 5.88 Å². The van der Waals surface area contributed by atoms with Gasteiger partial charge in [-0.25, -0.2) is 19.7 Å². The predicted octanol–water partition coefficient (Wildman–Crippen LogP) is 6.08. The molecule has 2 heterocycles. The van der Waals surface area contributed by atoms with Crippen LogP contribution >= 0.6 is 11.6 Å². The highest BCUT2D eigenvalue weighted by molar-refractivity contribution is 6.31. The molecule has 2 aromatic carbocycles. The Bertz CT molecular complexity index is 1320. The van der Waals surface area contributed by atoms with Crippen molar-refractivity contribution in [1.29, 1.82) is 0 Å². The van der Waals surface area contributed by atoms with Crippen LogP contribution in [0.25, 0.3) is 5.82 Å². The molecule has 0 radical (unpaired) electrons. The van der Waals surface area contributed by atoms with Gasteiger partial charge in [0, 0.05) is 29.8 Å². The number of benzene rings is 2. The predicted molar refractivity (Wildman–Crippen MR) is 120 cm³/mol. The highest BCUT2D eigenvalue weighted by atomic mass is 35.5. The molecule has 0 atom stereocenters. The number of rotatable bonds is 5. The Morgan fingerprint density at radius 2 is 1.71 bits per heavy atom. The maximum Gasteiger partial charge on any atom is 0.417 e. The van der Waals surface area contributed by atoms with Gasteiger partial charge in [-0.3, -0.25) is 4.57 Å². The van der Waals surface area contributed by atoms with Gasteiger partial charge in [-0.15, -0.1) is 0 Å². The molecule has 2 aromatic heterocycles. The van der Waals surface area contributed by atoms with E-state index in [1.165, 1.54) is 12.4 Å². The van der Waals surface area contributed by atoms with Gasteiger partial charge in [0.15, 0.2) is 0 Å². The minimum atomic E-state index is -4.64. The summed E-state index contributed by atoms with van der Waals surface area (Å²) in [5, 5.41) is 4.42. The average Bonchev–Trinajstić information content (AvgIpc) is 3.22. The molecule has 0 aliphatic heterocycles. The standard InChI is InChI=1S/C22H16ClF3N6O2/c1-13-27-8-9-32(13)19-11-20(29-12-28-19)34-16-5-2-14(3-6-16)30-21(33)31-15-4-7-18(23)17(10-15)22(24,25)26/h2-12H,1H3,(H2,30,31,33). The number of amides is 2. The van der Waals surface area contributed by atoms with Crippen molar-refractivity contribution in [2.75, 3.05) is 10.6 Å². The van der Waals surface area contributed by atoms with Gasteiger partial charge in [-0.1, -0.05) is 11.6 Å². The smallest absolute Gasteiger partial charge is 0.417 e. The second-order valence-electron chi connectivity index (χ2n) is 6.96. The highest BCUT2D eigenvalue weighted by Gasteiger charge is 2.33. The molecule has 174 valence electrons. The number of halogens is 4. The Morgan fingerprint density at radius 1 is 1.00 bits per heavy atom. The van der Waals surface area contributed by atoms with E-state index in [1.54, 1.807) is 47.3 Å². The summed E-state index contributed by atoms with van der Waals surface area (Å²) in [7, 11) is 0. The Labute approximate surface area is 196 Å². The van der Waals surface area contributed by atoms with Crippen molar-refractivity contribution >= 4 is 29.0 Å². The van der Waals surface area contributed by atoms with Crippen molar-refractivity contribution < 1.29 is 22.7 Å². The number of anilines is 2. The minimum Gasteiger partial charge on any atom is -0.439 e. The molecular weight excluding hydrogens is 473 g/mol. The first-order valence-corrected chi connectivity index (χ1v) is 10.1. The topological polar surface area (TPSA) is 94.0 Å². The molecule has 4 rings (SSSR count). The maximum atomic E-state index is 13.0. The lowest BCUT2D eigenvalue weighted by molar-refractivity contribution is -0.137. The van der Waals surface area contributed by atoms with Gasteiger partial charge in [-0.05, 0) is 49.4 Å². The van der Waals surface area contributed by atoms with Crippen LogP contribution in [0.2, 0.25) is 5.02 Å². The van der Waals surface area contributed by atoms with Crippen LogP contribution in [0.3, 0.4) is 0 Å². The number of hydrogen-bond donors (Lipinski definition) is 2. The number of aryl methyl sites for hydroxylation is 1. The van der Waals surface area contributed by atoms with Crippen LogP contribution in [-0.2, 0) is 6.18 Å². The third kappa shape index (κ3) is 5.44. The highest BCUT2D eigenvalue weighted by Crippen LogP contribution is 2.36. The van der Waals surface area contributed by atoms with Gasteiger partial charge < -0.3 is 15.4 Å². The number of nitrogens with one attached hydrogen (secondary N) is 2. The molecule has 0 aliphatic rings. The summed E-state index contributed by atoms with van der Waals surface area (Å²) in [6.45, 7) is 1.84. The van der Waals surface area contributed by atoms with E-state index in [2.05, 4.69) is 25.6 Å². The number of urea groups is 1. The van der Waals surface area contributed by atoms with Gasteiger partial charge in [0.25, 0.3) is 0 Å². The second-order valence-corrected chi connectivity index (χ2v) is 7.36. The SMILES string of the molecule is Cc1nccn1-c1cc(Oc2ccc(NC(=O)Nc3ccc(Cl)c(C(F)(F)F)c3)cc2)ncn1. The molecule has 0 bridgehead atoms. The van der Waals surface area contributed by atoms with E-state index >= 15 is 0 Å². The van der Waals surface area contributed by atoms with Crippen LogP contribution in [0, 0.1) is 6.92 Å². The van der Waals surface area contributed by atoms with E-state index < -0.39 is 22.8 Å². The number of imidazole rings is 1. The number of nitrogens with zero attached hydrogens (tertiary/aromatic N) is 4. The molecule has 2 amide bonds. The third-order valence-corrected chi connectivity index (χ3v) is 4.89. The van der Waals surface area contributed by atoms with Gasteiger partial charge >= 0.3 is 12.2 Å². The van der Waals surface area contributed by atoms with Gasteiger partial charge in [-0.2, -0.15) is 13.2 Å².